The Morgan fingerprint density at radius 2 is 1.57 bits per heavy atom. The number of hydrogen-bond donors (Lipinski definition) is 3. The van der Waals surface area contributed by atoms with E-state index in [1.165, 1.54) is 0 Å². The Balaban J connectivity index is 1.32. The number of nitrogens with one attached hydrogen (secondary N) is 3. The lowest BCUT2D eigenvalue weighted by Gasteiger charge is -2.16. The molecule has 11 heteroatoms. The lowest BCUT2D eigenvalue weighted by molar-refractivity contribution is -0.115. The van der Waals surface area contributed by atoms with Gasteiger partial charge >= 0.3 is 6.03 Å². The van der Waals surface area contributed by atoms with Gasteiger partial charge in [-0.05, 0) is 54.8 Å². The third-order valence-corrected chi connectivity index (χ3v) is 9.00. The van der Waals surface area contributed by atoms with E-state index in [-0.39, 0.29) is 30.1 Å². The summed E-state index contributed by atoms with van der Waals surface area (Å²) in [5, 5.41) is 15.3. The minimum atomic E-state index is -3.25. The molecule has 0 fully saturated rings. The Morgan fingerprint density at radius 1 is 0.857 bits per heavy atom. The molecule has 3 amide bonds. The van der Waals surface area contributed by atoms with E-state index in [9.17, 15) is 18.0 Å². The highest BCUT2D eigenvalue weighted by atomic mass is 32.2. The number of hydrogen-bond acceptors (Lipinski definition) is 6. The van der Waals surface area contributed by atoms with Crippen LogP contribution in [0.1, 0.15) is 56.5 Å². The van der Waals surface area contributed by atoms with Crippen LogP contribution in [0.2, 0.25) is 0 Å². The molecule has 49 heavy (non-hydrogen) atoms. The first-order chi connectivity index (χ1) is 23.2. The van der Waals surface area contributed by atoms with E-state index < -0.39 is 15.9 Å². The molecule has 256 valence electrons. The van der Waals surface area contributed by atoms with E-state index in [2.05, 4.69) is 36.7 Å². The summed E-state index contributed by atoms with van der Waals surface area (Å²) in [6.45, 7) is 10.5. The Kier molecular flexibility index (Phi) is 10.4. The Morgan fingerprint density at radius 3 is 2.24 bits per heavy atom. The maximum atomic E-state index is 13.4. The number of rotatable bonds is 11. The van der Waals surface area contributed by atoms with Crippen molar-refractivity contribution in [3.8, 4) is 11.4 Å². The third kappa shape index (κ3) is 9.05. The van der Waals surface area contributed by atoms with Crippen molar-refractivity contribution in [2.24, 2.45) is 0 Å². The summed E-state index contributed by atoms with van der Waals surface area (Å²) in [7, 11) is -3.25. The summed E-state index contributed by atoms with van der Waals surface area (Å²) >= 11 is 0. The second-order valence-electron chi connectivity index (χ2n) is 13.2. The molecule has 0 saturated heterocycles. The fourth-order valence-corrected chi connectivity index (χ4v) is 5.84. The maximum Gasteiger partial charge on any atom is 0.324 e. The highest BCUT2D eigenvalue weighted by molar-refractivity contribution is 7.90. The molecule has 4 aromatic carbocycles. The molecule has 0 aliphatic rings. The van der Waals surface area contributed by atoms with Gasteiger partial charge < -0.3 is 15.4 Å². The molecule has 5 rings (SSSR count). The molecule has 3 N–H and O–H groups in total. The lowest BCUT2D eigenvalue weighted by atomic mass is 9.92. The Labute approximate surface area is 287 Å². The molecule has 0 aliphatic carbocycles. The fraction of sp³-hybridized carbons (Fsp3) is 0.289. The van der Waals surface area contributed by atoms with Crippen LogP contribution in [0.4, 0.5) is 22.0 Å². The summed E-state index contributed by atoms with van der Waals surface area (Å²) in [6.07, 6.45) is 1.70. The zero-order valence-electron chi connectivity index (χ0n) is 28.8. The minimum absolute atomic E-state index is 0.110. The molecular formula is C38H43N5O5S. The van der Waals surface area contributed by atoms with Crippen molar-refractivity contribution in [3.05, 3.63) is 107 Å². The number of amides is 3. The fourth-order valence-electron chi connectivity index (χ4n) is 5.29. The van der Waals surface area contributed by atoms with Gasteiger partial charge in [0.15, 0.2) is 0 Å². The van der Waals surface area contributed by atoms with E-state index in [1.807, 2.05) is 98.8 Å². The van der Waals surface area contributed by atoms with Crippen LogP contribution < -0.4 is 20.7 Å². The summed E-state index contributed by atoms with van der Waals surface area (Å²) in [6, 6.07) is 26.5. The molecule has 1 aromatic heterocycles. The van der Waals surface area contributed by atoms with Gasteiger partial charge in [0.05, 0.1) is 22.8 Å². The van der Waals surface area contributed by atoms with Crippen molar-refractivity contribution in [3.63, 3.8) is 0 Å². The number of fused-ring (bicyclic) bond motifs is 1. The number of anilines is 3. The number of urea groups is 1. The molecular weight excluding hydrogens is 639 g/mol. The van der Waals surface area contributed by atoms with Gasteiger partial charge in [-0.15, -0.1) is 0 Å². The van der Waals surface area contributed by atoms with Crippen molar-refractivity contribution >= 4 is 49.7 Å². The number of nitrogens with zero attached hydrogens (tertiary/aromatic N) is 2. The molecule has 0 atom stereocenters. The predicted octanol–water partition coefficient (Wildman–Crippen LogP) is 7.79. The lowest BCUT2D eigenvalue weighted by Crippen LogP contribution is -2.21. The maximum absolute atomic E-state index is 13.4. The number of aryl methyl sites for hydroxylation is 2. The third-order valence-electron chi connectivity index (χ3n) is 8.05. The first-order valence-corrected chi connectivity index (χ1v) is 18.3. The molecule has 0 aliphatic heterocycles. The molecule has 5 aromatic rings. The standard InChI is InChI=1S/C38H43N5O5S/c1-7-27-15-14-26(22-32(27)39-36(44)20-21-49(6,46)47)24-48-33-19-18-31(29-10-8-9-11-30(29)33)40-37(45)41-35-23-34(38(3,4)5)42-43(35)28-16-12-25(2)13-17-28/h8-19,22-23H,7,20-21,24H2,1-6H3,(H,39,44)(H2,40,41,45). The number of aromatic nitrogens is 2. The average molecular weight is 682 g/mol. The van der Waals surface area contributed by atoms with Gasteiger partial charge in [0, 0.05) is 40.6 Å². The van der Waals surface area contributed by atoms with E-state index in [1.54, 1.807) is 4.68 Å². The van der Waals surface area contributed by atoms with Crippen LogP contribution in [0.15, 0.2) is 84.9 Å². The zero-order chi connectivity index (χ0) is 35.3. The monoisotopic (exact) mass is 681 g/mol. The van der Waals surface area contributed by atoms with Crippen LogP contribution >= 0.6 is 0 Å². The van der Waals surface area contributed by atoms with Crippen molar-refractivity contribution < 1.29 is 22.7 Å². The predicted molar refractivity (Wildman–Crippen MR) is 197 cm³/mol. The molecule has 1 heterocycles. The van der Waals surface area contributed by atoms with Crippen LogP contribution in [-0.2, 0) is 33.1 Å². The zero-order valence-corrected chi connectivity index (χ0v) is 29.6. The van der Waals surface area contributed by atoms with Gasteiger partial charge in [0.2, 0.25) is 5.91 Å². The smallest absolute Gasteiger partial charge is 0.324 e. The topological polar surface area (TPSA) is 131 Å². The SMILES string of the molecule is CCc1ccc(COc2ccc(NC(=O)Nc3cc(C(C)(C)C)nn3-c3ccc(C)cc3)c3ccccc23)cc1NC(=O)CCS(C)(=O)=O. The summed E-state index contributed by atoms with van der Waals surface area (Å²) in [4.78, 5) is 25.9. The average Bonchev–Trinajstić information content (AvgIpc) is 3.48. The normalized spacial score (nSPS) is 11.7. The summed E-state index contributed by atoms with van der Waals surface area (Å²) in [5.41, 5.74) is 5.62. The van der Waals surface area contributed by atoms with Gasteiger partial charge in [0.25, 0.3) is 0 Å². The first kappa shape index (κ1) is 35.2. The van der Waals surface area contributed by atoms with E-state index in [0.29, 0.717) is 29.4 Å². The second kappa shape index (κ2) is 14.5. The van der Waals surface area contributed by atoms with Crippen LogP contribution in [0.5, 0.6) is 5.75 Å². The van der Waals surface area contributed by atoms with Crippen LogP contribution in [0.25, 0.3) is 16.5 Å². The van der Waals surface area contributed by atoms with Gasteiger partial charge in [-0.2, -0.15) is 5.10 Å². The van der Waals surface area contributed by atoms with Gasteiger partial charge in [0.1, 0.15) is 28.0 Å². The molecule has 0 unspecified atom stereocenters. The molecule has 0 radical (unpaired) electrons. The minimum Gasteiger partial charge on any atom is -0.488 e. The first-order valence-electron chi connectivity index (χ1n) is 16.2. The van der Waals surface area contributed by atoms with Gasteiger partial charge in [-0.25, -0.2) is 17.9 Å². The second-order valence-corrected chi connectivity index (χ2v) is 15.5. The molecule has 0 bridgehead atoms. The van der Waals surface area contributed by atoms with Crippen molar-refractivity contribution in [1.29, 1.82) is 0 Å². The number of sulfone groups is 1. The number of carbonyl (C=O) groups is 2. The number of ether oxygens (including phenoxy) is 1. The van der Waals surface area contributed by atoms with E-state index in [0.717, 1.165) is 45.1 Å². The van der Waals surface area contributed by atoms with Crippen molar-refractivity contribution in [2.45, 2.75) is 59.5 Å². The highest BCUT2D eigenvalue weighted by Crippen LogP contribution is 2.33. The molecule has 0 saturated carbocycles. The molecule has 10 nitrogen and oxygen atoms in total. The van der Waals surface area contributed by atoms with Gasteiger partial charge in [-0.3, -0.25) is 10.1 Å². The van der Waals surface area contributed by atoms with Crippen LogP contribution in [0.3, 0.4) is 0 Å². The summed E-state index contributed by atoms with van der Waals surface area (Å²) < 4.78 is 31.0. The van der Waals surface area contributed by atoms with E-state index >= 15 is 0 Å². The number of carbonyl (C=O) groups excluding carboxylic acids is 2. The number of benzene rings is 4. The Bertz CT molecular complexity index is 2100. The quantitative estimate of drug-likeness (QED) is 0.130. The van der Waals surface area contributed by atoms with E-state index in [4.69, 9.17) is 9.84 Å². The van der Waals surface area contributed by atoms with Crippen molar-refractivity contribution in [2.75, 3.05) is 28.0 Å². The Hall–Kier alpha value is -5.16. The van der Waals surface area contributed by atoms with Crippen LogP contribution in [0, 0.1) is 6.92 Å². The van der Waals surface area contributed by atoms with Gasteiger partial charge in [-0.1, -0.05) is 81.8 Å². The van der Waals surface area contributed by atoms with Crippen molar-refractivity contribution in [1.82, 2.24) is 9.78 Å². The highest BCUT2D eigenvalue weighted by Gasteiger charge is 2.22. The largest absolute Gasteiger partial charge is 0.488 e. The molecule has 0 spiro atoms. The van der Waals surface area contributed by atoms with Crippen LogP contribution in [-0.4, -0.2) is 42.1 Å². The summed E-state index contributed by atoms with van der Waals surface area (Å²) in [5.74, 6) is 0.618.